The van der Waals surface area contributed by atoms with Crippen LogP contribution in [0.1, 0.15) is 56.8 Å². The zero-order valence-electron chi connectivity index (χ0n) is 12.2. The van der Waals surface area contributed by atoms with E-state index in [4.69, 9.17) is 4.74 Å². The van der Waals surface area contributed by atoms with Gasteiger partial charge >= 0.3 is 5.97 Å². The maximum absolute atomic E-state index is 11.7. The number of unbranched alkanes of at least 4 members (excludes halogenated alkanes) is 3. The highest BCUT2D eigenvalue weighted by Gasteiger charge is 2.08. The maximum atomic E-state index is 11.7. The molecular formula is C16H25NO2. The molecule has 0 bridgehead atoms. The lowest BCUT2D eigenvalue weighted by Crippen LogP contribution is -2.11. The third kappa shape index (κ3) is 6.27. The van der Waals surface area contributed by atoms with E-state index in [1.165, 1.54) is 25.7 Å². The molecule has 0 amide bonds. The first-order valence-electron chi connectivity index (χ1n) is 7.18. The van der Waals surface area contributed by atoms with Crippen molar-refractivity contribution in [2.24, 2.45) is 0 Å². The third-order valence-electron chi connectivity index (χ3n) is 2.82. The summed E-state index contributed by atoms with van der Waals surface area (Å²) in [6.45, 7) is 6.90. The molecule has 0 aliphatic carbocycles. The topological polar surface area (TPSA) is 38.3 Å². The number of esters is 1. The third-order valence-corrected chi connectivity index (χ3v) is 2.82. The molecule has 1 aromatic carbocycles. The first kappa shape index (κ1) is 15.5. The quantitative estimate of drug-likeness (QED) is 0.563. The van der Waals surface area contributed by atoms with Gasteiger partial charge in [-0.05, 0) is 44.5 Å². The highest BCUT2D eigenvalue weighted by Crippen LogP contribution is 2.11. The van der Waals surface area contributed by atoms with Gasteiger partial charge in [-0.25, -0.2) is 4.79 Å². The van der Waals surface area contributed by atoms with Crippen LogP contribution in [0.25, 0.3) is 0 Å². The summed E-state index contributed by atoms with van der Waals surface area (Å²) in [5.74, 6) is -0.260. The number of carbonyl (C=O) groups is 1. The fraction of sp³-hybridized carbons (Fsp3) is 0.562. The Hall–Kier alpha value is -1.51. The average Bonchev–Trinajstić information content (AvgIpc) is 2.38. The van der Waals surface area contributed by atoms with E-state index in [0.717, 1.165) is 12.2 Å². The van der Waals surface area contributed by atoms with Crippen LogP contribution in [0.15, 0.2) is 24.3 Å². The summed E-state index contributed by atoms with van der Waals surface area (Å²) < 4.78 is 5.14. The Morgan fingerprint density at radius 2 is 1.84 bits per heavy atom. The molecule has 0 aliphatic rings. The van der Waals surface area contributed by atoms with Gasteiger partial charge in [-0.2, -0.15) is 0 Å². The van der Waals surface area contributed by atoms with E-state index in [0.29, 0.717) is 5.56 Å². The zero-order valence-corrected chi connectivity index (χ0v) is 12.2. The predicted molar refractivity (Wildman–Crippen MR) is 79.6 cm³/mol. The molecule has 3 heteroatoms. The molecular weight excluding hydrogens is 238 g/mol. The van der Waals surface area contributed by atoms with Gasteiger partial charge in [-0.15, -0.1) is 0 Å². The van der Waals surface area contributed by atoms with Crippen LogP contribution in [0.2, 0.25) is 0 Å². The summed E-state index contributed by atoms with van der Waals surface area (Å²) in [5, 5.41) is 3.36. The lowest BCUT2D eigenvalue weighted by molar-refractivity contribution is 0.0378. The number of benzene rings is 1. The molecule has 1 aromatic rings. The molecule has 0 heterocycles. The molecule has 0 aromatic heterocycles. The number of rotatable bonds is 8. The summed E-state index contributed by atoms with van der Waals surface area (Å²) in [4.78, 5) is 11.7. The minimum atomic E-state index is -0.260. The van der Waals surface area contributed by atoms with Gasteiger partial charge < -0.3 is 10.1 Å². The van der Waals surface area contributed by atoms with Crippen molar-refractivity contribution in [1.82, 2.24) is 0 Å². The van der Waals surface area contributed by atoms with Crippen molar-refractivity contribution in [3.63, 3.8) is 0 Å². The van der Waals surface area contributed by atoms with Crippen LogP contribution in [0.3, 0.4) is 0 Å². The number of ether oxygens (including phenoxy) is 1. The fourth-order valence-electron chi connectivity index (χ4n) is 1.79. The van der Waals surface area contributed by atoms with E-state index in [1.54, 1.807) is 12.1 Å². The minimum Gasteiger partial charge on any atom is -0.459 e. The van der Waals surface area contributed by atoms with Gasteiger partial charge in [-0.1, -0.05) is 26.2 Å². The van der Waals surface area contributed by atoms with Gasteiger partial charge in [0.05, 0.1) is 11.7 Å². The molecule has 0 unspecified atom stereocenters. The molecule has 1 N–H and O–H groups in total. The Morgan fingerprint density at radius 3 is 2.42 bits per heavy atom. The number of carbonyl (C=O) groups excluding carboxylic acids is 1. The first-order chi connectivity index (χ1) is 9.13. The molecule has 3 nitrogen and oxygen atoms in total. The van der Waals surface area contributed by atoms with Crippen LogP contribution in [0.4, 0.5) is 5.69 Å². The average molecular weight is 263 g/mol. The second-order valence-corrected chi connectivity index (χ2v) is 5.02. The number of hydrogen-bond donors (Lipinski definition) is 1. The summed E-state index contributed by atoms with van der Waals surface area (Å²) in [7, 11) is 0. The van der Waals surface area contributed by atoms with E-state index >= 15 is 0 Å². The summed E-state index contributed by atoms with van der Waals surface area (Å²) >= 11 is 0. The SMILES string of the molecule is CCCCCCNc1ccc(C(=O)OC(C)C)cc1. The van der Waals surface area contributed by atoms with Gasteiger partial charge in [0.25, 0.3) is 0 Å². The van der Waals surface area contributed by atoms with Gasteiger partial charge in [-0.3, -0.25) is 0 Å². The Morgan fingerprint density at radius 1 is 1.16 bits per heavy atom. The normalized spacial score (nSPS) is 10.5. The van der Waals surface area contributed by atoms with Crippen LogP contribution in [0.5, 0.6) is 0 Å². The second-order valence-electron chi connectivity index (χ2n) is 5.02. The van der Waals surface area contributed by atoms with Crippen molar-refractivity contribution in [2.45, 2.75) is 52.6 Å². The van der Waals surface area contributed by atoms with Gasteiger partial charge in [0.15, 0.2) is 0 Å². The molecule has 1 rings (SSSR count). The van der Waals surface area contributed by atoms with E-state index in [9.17, 15) is 4.79 Å². The zero-order chi connectivity index (χ0) is 14.1. The highest BCUT2D eigenvalue weighted by atomic mass is 16.5. The molecule has 0 atom stereocenters. The van der Waals surface area contributed by atoms with Crippen LogP contribution >= 0.6 is 0 Å². The minimum absolute atomic E-state index is 0.0798. The second kappa shape index (κ2) is 8.57. The maximum Gasteiger partial charge on any atom is 0.338 e. The highest BCUT2D eigenvalue weighted by molar-refractivity contribution is 5.89. The lowest BCUT2D eigenvalue weighted by atomic mass is 10.2. The van der Waals surface area contributed by atoms with Crippen molar-refractivity contribution in [3.05, 3.63) is 29.8 Å². The smallest absolute Gasteiger partial charge is 0.338 e. The van der Waals surface area contributed by atoms with E-state index < -0.39 is 0 Å². The Labute approximate surface area is 116 Å². The Bertz CT molecular complexity index is 371. The molecule has 0 aliphatic heterocycles. The van der Waals surface area contributed by atoms with Crippen molar-refractivity contribution >= 4 is 11.7 Å². The summed E-state index contributed by atoms with van der Waals surface area (Å²) in [6, 6.07) is 7.46. The molecule has 0 saturated heterocycles. The van der Waals surface area contributed by atoms with Gasteiger partial charge in [0.1, 0.15) is 0 Å². The van der Waals surface area contributed by atoms with Crippen LogP contribution in [-0.2, 0) is 4.74 Å². The van der Waals surface area contributed by atoms with Crippen molar-refractivity contribution < 1.29 is 9.53 Å². The summed E-state index contributed by atoms with van der Waals surface area (Å²) in [5.41, 5.74) is 1.66. The van der Waals surface area contributed by atoms with Crippen LogP contribution < -0.4 is 5.32 Å². The fourth-order valence-corrected chi connectivity index (χ4v) is 1.79. The van der Waals surface area contributed by atoms with Crippen molar-refractivity contribution in [1.29, 1.82) is 0 Å². The Balaban J connectivity index is 2.37. The molecule has 106 valence electrons. The predicted octanol–water partition coefficient (Wildman–Crippen LogP) is 4.24. The standard InChI is InChI=1S/C16H25NO2/c1-4-5-6-7-12-17-15-10-8-14(9-11-15)16(18)19-13(2)3/h8-11,13,17H,4-7,12H2,1-3H3. The Kier molecular flexibility index (Phi) is 7.01. The van der Waals surface area contributed by atoms with Crippen molar-refractivity contribution in [3.8, 4) is 0 Å². The summed E-state index contributed by atoms with van der Waals surface area (Å²) in [6.07, 6.45) is 4.92. The van der Waals surface area contributed by atoms with Crippen LogP contribution in [0, 0.1) is 0 Å². The molecule has 0 saturated carbocycles. The molecule has 0 spiro atoms. The molecule has 0 radical (unpaired) electrons. The van der Waals surface area contributed by atoms with Crippen LogP contribution in [-0.4, -0.2) is 18.6 Å². The molecule has 19 heavy (non-hydrogen) atoms. The van der Waals surface area contributed by atoms with Gasteiger partial charge in [0.2, 0.25) is 0 Å². The van der Waals surface area contributed by atoms with Crippen molar-refractivity contribution in [2.75, 3.05) is 11.9 Å². The largest absolute Gasteiger partial charge is 0.459 e. The van der Waals surface area contributed by atoms with E-state index in [-0.39, 0.29) is 12.1 Å². The first-order valence-corrected chi connectivity index (χ1v) is 7.18. The molecule has 0 fully saturated rings. The van der Waals surface area contributed by atoms with E-state index in [2.05, 4.69) is 12.2 Å². The lowest BCUT2D eigenvalue weighted by Gasteiger charge is -2.09. The number of hydrogen-bond acceptors (Lipinski definition) is 3. The van der Waals surface area contributed by atoms with Gasteiger partial charge in [0, 0.05) is 12.2 Å². The van der Waals surface area contributed by atoms with E-state index in [1.807, 2.05) is 26.0 Å². The number of nitrogens with one attached hydrogen (secondary N) is 1. The monoisotopic (exact) mass is 263 g/mol. The number of anilines is 1.